The molecule has 1 aromatic carbocycles. The number of carbonyl (C=O) groups excluding carboxylic acids is 1. The molecule has 24 heavy (non-hydrogen) atoms. The van der Waals surface area contributed by atoms with E-state index < -0.39 is 5.54 Å². The minimum atomic E-state index is -0.813. The summed E-state index contributed by atoms with van der Waals surface area (Å²) in [6, 6.07) is 6.41. The molecule has 126 valence electrons. The lowest BCUT2D eigenvalue weighted by atomic mass is 9.90. The highest BCUT2D eigenvalue weighted by Gasteiger charge is 2.50. The second kappa shape index (κ2) is 6.65. The summed E-state index contributed by atoms with van der Waals surface area (Å²) in [6.45, 7) is 1.35. The average molecular weight is 328 g/mol. The van der Waals surface area contributed by atoms with E-state index in [9.17, 15) is 9.18 Å². The number of likely N-dealkylation sites (N-methyl/N-ethyl adjacent to an activating group) is 1. The smallest absolute Gasteiger partial charge is 0.248 e. The Bertz CT molecular complexity index is 705. The van der Waals surface area contributed by atoms with Crippen LogP contribution in [-0.2, 0) is 16.9 Å². The molecule has 1 aliphatic rings. The summed E-state index contributed by atoms with van der Waals surface area (Å²) in [5.74, 6) is -0.257. The van der Waals surface area contributed by atoms with E-state index in [2.05, 4.69) is 14.9 Å². The van der Waals surface area contributed by atoms with Crippen molar-refractivity contribution in [2.45, 2.75) is 24.9 Å². The third-order valence-electron chi connectivity index (χ3n) is 4.54. The number of halogens is 1. The van der Waals surface area contributed by atoms with Gasteiger partial charge >= 0.3 is 0 Å². The number of carbonyl (C=O) groups is 1. The fourth-order valence-corrected chi connectivity index (χ4v) is 3.42. The van der Waals surface area contributed by atoms with Gasteiger partial charge in [-0.1, -0.05) is 12.1 Å². The molecule has 0 aliphatic carbocycles. The predicted molar refractivity (Wildman–Crippen MR) is 88.4 cm³/mol. The first-order valence-electron chi connectivity index (χ1n) is 8.02. The van der Waals surface area contributed by atoms with Crippen molar-refractivity contribution in [3.8, 4) is 0 Å². The highest BCUT2D eigenvalue weighted by Crippen LogP contribution is 2.40. The summed E-state index contributed by atoms with van der Waals surface area (Å²) in [4.78, 5) is 25.4. The molecule has 2 aromatic rings. The summed E-state index contributed by atoms with van der Waals surface area (Å²) in [7, 11) is 3.52. The highest BCUT2D eigenvalue weighted by atomic mass is 19.1. The molecule has 0 radical (unpaired) electrons. The van der Waals surface area contributed by atoms with Crippen molar-refractivity contribution in [2.24, 2.45) is 0 Å². The number of aromatic nitrogens is 2. The van der Waals surface area contributed by atoms with E-state index in [4.69, 9.17) is 0 Å². The van der Waals surface area contributed by atoms with Crippen molar-refractivity contribution in [1.82, 2.24) is 19.8 Å². The molecule has 0 saturated carbocycles. The molecule has 6 heteroatoms. The van der Waals surface area contributed by atoms with Gasteiger partial charge in [-0.3, -0.25) is 19.7 Å². The Morgan fingerprint density at radius 2 is 2.04 bits per heavy atom. The summed E-state index contributed by atoms with van der Waals surface area (Å²) < 4.78 is 13.2. The van der Waals surface area contributed by atoms with Crippen LogP contribution in [0.15, 0.2) is 42.9 Å². The normalized spacial score (nSPS) is 21.0. The average Bonchev–Trinajstić information content (AvgIpc) is 3.01. The molecule has 2 heterocycles. The van der Waals surface area contributed by atoms with Crippen LogP contribution in [-0.4, -0.2) is 46.3 Å². The van der Waals surface area contributed by atoms with Gasteiger partial charge in [0.05, 0.1) is 11.9 Å². The minimum absolute atomic E-state index is 0.00242. The Labute approximate surface area is 141 Å². The molecule has 1 fully saturated rings. The lowest BCUT2D eigenvalue weighted by molar-refractivity contribution is -0.141. The fraction of sp³-hybridized carbons (Fsp3) is 0.389. The van der Waals surface area contributed by atoms with Crippen LogP contribution in [0.2, 0.25) is 0 Å². The topological polar surface area (TPSA) is 49.3 Å². The number of rotatable bonds is 4. The van der Waals surface area contributed by atoms with Crippen LogP contribution in [0.5, 0.6) is 0 Å². The molecule has 0 unspecified atom stereocenters. The van der Waals surface area contributed by atoms with Gasteiger partial charge < -0.3 is 4.90 Å². The summed E-state index contributed by atoms with van der Waals surface area (Å²) in [6.07, 6.45) is 6.50. The zero-order valence-electron chi connectivity index (χ0n) is 13.9. The first-order valence-corrected chi connectivity index (χ1v) is 8.02. The number of hydrogen-bond acceptors (Lipinski definition) is 4. The van der Waals surface area contributed by atoms with Gasteiger partial charge in [0.1, 0.15) is 11.4 Å². The van der Waals surface area contributed by atoms with Crippen LogP contribution in [0.4, 0.5) is 4.39 Å². The van der Waals surface area contributed by atoms with Crippen LogP contribution >= 0.6 is 0 Å². The van der Waals surface area contributed by atoms with Gasteiger partial charge in [0.2, 0.25) is 5.91 Å². The summed E-state index contributed by atoms with van der Waals surface area (Å²) in [5.41, 5.74) is 0.827. The summed E-state index contributed by atoms with van der Waals surface area (Å²) >= 11 is 0. The summed E-state index contributed by atoms with van der Waals surface area (Å²) in [5, 5.41) is 0. The van der Waals surface area contributed by atoms with E-state index >= 15 is 0 Å². The largest absolute Gasteiger partial charge is 0.347 e. The second-order valence-electron chi connectivity index (χ2n) is 6.30. The number of nitrogens with zero attached hydrogens (tertiary/aromatic N) is 4. The third-order valence-corrected chi connectivity index (χ3v) is 4.54. The van der Waals surface area contributed by atoms with Crippen molar-refractivity contribution in [3.63, 3.8) is 0 Å². The van der Waals surface area contributed by atoms with Crippen molar-refractivity contribution in [2.75, 3.05) is 20.6 Å². The number of amides is 1. The Balaban J connectivity index is 2.00. The van der Waals surface area contributed by atoms with Crippen LogP contribution in [0.1, 0.15) is 24.1 Å². The standard InChI is InChI=1S/C18H21FN4O/c1-22(2)17(24)18(16-12-20-9-10-21-16)8-3-11-23(18)13-14-4-6-15(19)7-5-14/h4-7,9-10,12H,3,8,11,13H2,1-2H3/t18-/m1/s1. The minimum Gasteiger partial charge on any atom is -0.347 e. The molecule has 3 rings (SSSR count). The molecule has 1 amide bonds. The van der Waals surface area contributed by atoms with E-state index in [1.165, 1.54) is 12.1 Å². The molecule has 1 aromatic heterocycles. The monoisotopic (exact) mass is 328 g/mol. The van der Waals surface area contributed by atoms with Crippen LogP contribution in [0.25, 0.3) is 0 Å². The Morgan fingerprint density at radius 3 is 2.67 bits per heavy atom. The van der Waals surface area contributed by atoms with Gasteiger partial charge in [0, 0.05) is 33.0 Å². The number of benzene rings is 1. The van der Waals surface area contributed by atoms with E-state index in [0.717, 1.165) is 18.5 Å². The van der Waals surface area contributed by atoms with E-state index in [0.29, 0.717) is 18.7 Å². The maximum absolute atomic E-state index is 13.2. The van der Waals surface area contributed by atoms with E-state index in [1.54, 1.807) is 49.7 Å². The number of likely N-dealkylation sites (tertiary alicyclic amines) is 1. The maximum Gasteiger partial charge on any atom is 0.248 e. The Kier molecular flexibility index (Phi) is 4.57. The van der Waals surface area contributed by atoms with Crippen molar-refractivity contribution in [1.29, 1.82) is 0 Å². The third kappa shape index (κ3) is 2.89. The van der Waals surface area contributed by atoms with Crippen molar-refractivity contribution < 1.29 is 9.18 Å². The van der Waals surface area contributed by atoms with Gasteiger partial charge in [-0.15, -0.1) is 0 Å². The van der Waals surface area contributed by atoms with Gasteiger partial charge in [0.25, 0.3) is 0 Å². The molecular formula is C18H21FN4O. The van der Waals surface area contributed by atoms with Gasteiger partial charge in [-0.2, -0.15) is 0 Å². The molecule has 1 aliphatic heterocycles. The Morgan fingerprint density at radius 1 is 1.29 bits per heavy atom. The molecule has 5 nitrogen and oxygen atoms in total. The fourth-order valence-electron chi connectivity index (χ4n) is 3.42. The van der Waals surface area contributed by atoms with Gasteiger partial charge in [-0.05, 0) is 37.1 Å². The second-order valence-corrected chi connectivity index (χ2v) is 6.30. The van der Waals surface area contributed by atoms with Crippen molar-refractivity contribution >= 4 is 5.91 Å². The van der Waals surface area contributed by atoms with E-state index in [1.807, 2.05) is 0 Å². The lowest BCUT2D eigenvalue weighted by Crippen LogP contribution is -2.52. The van der Waals surface area contributed by atoms with Crippen LogP contribution in [0.3, 0.4) is 0 Å². The molecule has 0 spiro atoms. The van der Waals surface area contributed by atoms with Crippen LogP contribution in [0, 0.1) is 5.82 Å². The van der Waals surface area contributed by atoms with Crippen molar-refractivity contribution in [3.05, 3.63) is 59.9 Å². The van der Waals surface area contributed by atoms with Gasteiger partial charge in [0.15, 0.2) is 0 Å². The van der Waals surface area contributed by atoms with Crippen LogP contribution < -0.4 is 0 Å². The zero-order valence-corrected chi connectivity index (χ0v) is 13.9. The molecule has 0 N–H and O–H groups in total. The first-order chi connectivity index (χ1) is 11.5. The molecule has 1 atom stereocenters. The molecule has 0 bridgehead atoms. The van der Waals surface area contributed by atoms with E-state index in [-0.39, 0.29) is 11.7 Å². The molecule has 1 saturated heterocycles. The Hall–Kier alpha value is -2.34. The number of hydrogen-bond donors (Lipinski definition) is 0. The molecular weight excluding hydrogens is 307 g/mol. The quantitative estimate of drug-likeness (QED) is 0.863. The van der Waals surface area contributed by atoms with Gasteiger partial charge in [-0.25, -0.2) is 4.39 Å². The zero-order chi connectivity index (χ0) is 17.2. The lowest BCUT2D eigenvalue weighted by Gasteiger charge is -2.38. The predicted octanol–water partition coefficient (Wildman–Crippen LogP) is 2.20. The maximum atomic E-state index is 13.2. The first kappa shape index (κ1) is 16.5. The highest BCUT2D eigenvalue weighted by molar-refractivity contribution is 5.87. The SMILES string of the molecule is CN(C)C(=O)[C@]1(c2cnccn2)CCCN1Cc1ccc(F)cc1.